The van der Waals surface area contributed by atoms with Crippen molar-refractivity contribution in [2.45, 2.75) is 52.3 Å². The zero-order valence-corrected chi connectivity index (χ0v) is 24.7. The molecule has 0 radical (unpaired) electrons. The number of carbonyl (C=O) groups excluding carboxylic acids is 2. The predicted molar refractivity (Wildman–Crippen MR) is 155 cm³/mol. The molecule has 4 unspecified atom stereocenters. The van der Waals surface area contributed by atoms with Crippen LogP contribution in [0.3, 0.4) is 0 Å². The molecule has 2 aromatic rings. The van der Waals surface area contributed by atoms with Crippen LogP contribution in [0.1, 0.15) is 44.5 Å². The molecule has 0 aliphatic carbocycles. The smallest absolute Gasteiger partial charge is 0.243 e. The molecule has 2 aliphatic heterocycles. The van der Waals surface area contributed by atoms with Gasteiger partial charge in [-0.05, 0) is 24.5 Å². The number of aryl methyl sites for hydroxylation is 1. The van der Waals surface area contributed by atoms with Crippen molar-refractivity contribution in [2.75, 3.05) is 52.5 Å². The normalized spacial score (nSPS) is 21.4. The fourth-order valence-electron chi connectivity index (χ4n) is 5.23. The number of piperazine rings is 1. The van der Waals surface area contributed by atoms with Crippen LogP contribution in [0.4, 0.5) is 0 Å². The van der Waals surface area contributed by atoms with E-state index in [-0.39, 0.29) is 37.3 Å². The van der Waals surface area contributed by atoms with Gasteiger partial charge in [0.15, 0.2) is 0 Å². The van der Waals surface area contributed by atoms with E-state index >= 15 is 0 Å². The summed E-state index contributed by atoms with van der Waals surface area (Å²) in [7, 11) is 0. The Balaban J connectivity index is 1.54. The van der Waals surface area contributed by atoms with Crippen molar-refractivity contribution in [1.29, 1.82) is 0 Å². The van der Waals surface area contributed by atoms with Crippen LogP contribution in [-0.2, 0) is 9.59 Å². The summed E-state index contributed by atoms with van der Waals surface area (Å²) < 4.78 is 6.30. The lowest BCUT2D eigenvalue weighted by Crippen LogP contribution is -2.49. The third-order valence-corrected chi connectivity index (χ3v) is 9.00. The lowest BCUT2D eigenvalue weighted by atomic mass is 9.96. The fourth-order valence-corrected chi connectivity index (χ4v) is 6.03. The van der Waals surface area contributed by atoms with Crippen molar-refractivity contribution in [3.05, 3.63) is 35.0 Å². The summed E-state index contributed by atoms with van der Waals surface area (Å²) in [5, 5.41) is 27.0. The maximum absolute atomic E-state index is 13.5. The Morgan fingerprint density at radius 1 is 1.25 bits per heavy atom. The number of likely N-dealkylation sites (tertiary alicyclic amines) is 1. The molecule has 2 saturated heterocycles. The van der Waals surface area contributed by atoms with Crippen LogP contribution in [0.15, 0.2) is 23.7 Å². The highest BCUT2D eigenvalue weighted by Crippen LogP contribution is 2.35. The average molecular weight is 574 g/mol. The first-order valence-electron chi connectivity index (χ1n) is 14.2. The molecule has 0 saturated carbocycles. The van der Waals surface area contributed by atoms with Gasteiger partial charge in [0.2, 0.25) is 11.8 Å². The molecule has 3 heterocycles. The van der Waals surface area contributed by atoms with Gasteiger partial charge in [-0.3, -0.25) is 14.5 Å². The van der Waals surface area contributed by atoms with E-state index in [1.807, 2.05) is 51.4 Å². The minimum Gasteiger partial charge on any atom is -0.492 e. The standard InChI is InChI=1S/C29H43N5O5S/c1-18(2)19(3)29(38)34-15-22(36)14-25(34)28(37)32-24(16-35)23-6-5-21(27-20(4)31-17-40-27)13-26(23)39-12-11-33-9-7-30-8-10-33/h5-6,13,17-19,22,24-25,30,35-36H,7-12,14-16H2,1-4H3,(H,32,37). The number of hydrogen-bond donors (Lipinski definition) is 4. The first-order chi connectivity index (χ1) is 19.2. The zero-order valence-electron chi connectivity index (χ0n) is 23.9. The molecule has 0 spiro atoms. The molecular formula is C29H43N5O5S. The number of hydrogen-bond acceptors (Lipinski definition) is 9. The van der Waals surface area contributed by atoms with E-state index in [4.69, 9.17) is 4.74 Å². The number of β-amino-alcohol motifs (C(OH)–C–C–N with tert-alkyl or cyclic N) is 1. The number of nitrogens with one attached hydrogen (secondary N) is 2. The van der Waals surface area contributed by atoms with Gasteiger partial charge in [0.1, 0.15) is 18.4 Å². The molecule has 40 heavy (non-hydrogen) atoms. The Hall–Kier alpha value is -2.57. The maximum atomic E-state index is 13.5. The van der Waals surface area contributed by atoms with Crippen molar-refractivity contribution in [3.8, 4) is 16.2 Å². The number of benzene rings is 1. The van der Waals surface area contributed by atoms with Crippen LogP contribution < -0.4 is 15.4 Å². The topological polar surface area (TPSA) is 127 Å². The lowest BCUT2D eigenvalue weighted by molar-refractivity contribution is -0.142. The van der Waals surface area contributed by atoms with Gasteiger partial charge < -0.3 is 30.5 Å². The number of aromatic nitrogens is 1. The largest absolute Gasteiger partial charge is 0.492 e. The average Bonchev–Trinajstić information content (AvgIpc) is 3.56. The van der Waals surface area contributed by atoms with E-state index in [0.29, 0.717) is 17.9 Å². The van der Waals surface area contributed by atoms with E-state index < -0.39 is 24.1 Å². The number of thiazole rings is 1. The molecular weight excluding hydrogens is 530 g/mol. The fraction of sp³-hybridized carbons (Fsp3) is 0.621. The lowest BCUT2D eigenvalue weighted by Gasteiger charge is -2.30. The van der Waals surface area contributed by atoms with Gasteiger partial charge in [-0.15, -0.1) is 11.3 Å². The highest BCUT2D eigenvalue weighted by molar-refractivity contribution is 7.13. The second-order valence-electron chi connectivity index (χ2n) is 11.1. The SMILES string of the molecule is Cc1ncsc1-c1ccc(C(CO)NC(=O)C2CC(O)CN2C(=O)C(C)C(C)C)c(OCCN2CCNCC2)c1. The van der Waals surface area contributed by atoms with E-state index in [2.05, 4.69) is 20.5 Å². The van der Waals surface area contributed by atoms with E-state index in [1.165, 1.54) is 4.90 Å². The van der Waals surface area contributed by atoms with Crippen molar-refractivity contribution in [2.24, 2.45) is 11.8 Å². The molecule has 11 heteroatoms. The minimum absolute atomic E-state index is 0.112. The van der Waals surface area contributed by atoms with E-state index in [9.17, 15) is 19.8 Å². The van der Waals surface area contributed by atoms with Gasteiger partial charge in [-0.25, -0.2) is 4.98 Å². The molecule has 10 nitrogen and oxygen atoms in total. The summed E-state index contributed by atoms with van der Waals surface area (Å²) in [5.74, 6) is -0.108. The highest BCUT2D eigenvalue weighted by atomic mass is 32.1. The number of nitrogens with zero attached hydrogens (tertiary/aromatic N) is 3. The Labute approximate surface area is 240 Å². The van der Waals surface area contributed by atoms with Gasteiger partial charge >= 0.3 is 0 Å². The molecule has 220 valence electrons. The summed E-state index contributed by atoms with van der Waals surface area (Å²) in [5.41, 5.74) is 4.36. The molecule has 1 aromatic heterocycles. The Bertz CT molecular complexity index is 1150. The molecule has 4 atom stereocenters. The number of aliphatic hydroxyl groups excluding tert-OH is 2. The van der Waals surface area contributed by atoms with E-state index in [1.54, 1.807) is 11.3 Å². The second kappa shape index (κ2) is 13.9. The molecule has 2 aliphatic rings. The number of aliphatic hydroxyl groups is 2. The quantitative estimate of drug-likeness (QED) is 0.321. The van der Waals surface area contributed by atoms with Crippen molar-refractivity contribution in [3.63, 3.8) is 0 Å². The first kappa shape index (κ1) is 30.4. The van der Waals surface area contributed by atoms with Gasteiger partial charge in [0.05, 0.1) is 34.8 Å². The van der Waals surface area contributed by atoms with E-state index in [0.717, 1.165) is 48.9 Å². The second-order valence-corrected chi connectivity index (χ2v) is 12.0. The van der Waals surface area contributed by atoms with Crippen molar-refractivity contribution < 1.29 is 24.5 Å². The summed E-state index contributed by atoms with van der Waals surface area (Å²) >= 11 is 1.55. The zero-order chi connectivity index (χ0) is 28.8. The van der Waals surface area contributed by atoms with Gasteiger partial charge in [-0.1, -0.05) is 32.9 Å². The minimum atomic E-state index is -0.797. The third-order valence-electron chi connectivity index (χ3n) is 8.02. The van der Waals surface area contributed by atoms with Crippen LogP contribution in [0.25, 0.3) is 10.4 Å². The van der Waals surface area contributed by atoms with Crippen LogP contribution in [0.5, 0.6) is 5.75 Å². The van der Waals surface area contributed by atoms with Gasteiger partial charge in [0, 0.05) is 57.2 Å². The number of carbonyl (C=O) groups is 2. The van der Waals surface area contributed by atoms with Crippen molar-refractivity contribution >= 4 is 23.2 Å². The molecule has 2 fully saturated rings. The van der Waals surface area contributed by atoms with Crippen LogP contribution in [0.2, 0.25) is 0 Å². The molecule has 4 N–H and O–H groups in total. The van der Waals surface area contributed by atoms with Gasteiger partial charge in [0.25, 0.3) is 0 Å². The molecule has 1 aromatic carbocycles. The van der Waals surface area contributed by atoms with Crippen LogP contribution >= 0.6 is 11.3 Å². The Morgan fingerprint density at radius 2 is 2.00 bits per heavy atom. The monoisotopic (exact) mass is 573 g/mol. The Kier molecular flexibility index (Phi) is 10.5. The molecule has 4 rings (SSSR count). The van der Waals surface area contributed by atoms with Crippen molar-refractivity contribution in [1.82, 2.24) is 25.4 Å². The van der Waals surface area contributed by atoms with Crippen LogP contribution in [-0.4, -0.2) is 101 Å². The summed E-state index contributed by atoms with van der Waals surface area (Å²) in [6.45, 7) is 12.6. The first-order valence-corrected chi connectivity index (χ1v) is 15.1. The summed E-state index contributed by atoms with van der Waals surface area (Å²) in [6, 6.07) is 4.24. The Morgan fingerprint density at radius 3 is 2.65 bits per heavy atom. The molecule has 2 amide bonds. The molecule has 0 bridgehead atoms. The predicted octanol–water partition coefficient (Wildman–Crippen LogP) is 1.81. The highest BCUT2D eigenvalue weighted by Gasteiger charge is 2.41. The van der Waals surface area contributed by atoms with Crippen LogP contribution in [0, 0.1) is 18.8 Å². The number of amides is 2. The third kappa shape index (κ3) is 7.19. The summed E-state index contributed by atoms with van der Waals surface area (Å²) in [4.78, 5) is 35.8. The number of ether oxygens (including phenoxy) is 1. The number of rotatable bonds is 11. The van der Waals surface area contributed by atoms with Gasteiger partial charge in [-0.2, -0.15) is 0 Å². The maximum Gasteiger partial charge on any atom is 0.243 e. The summed E-state index contributed by atoms with van der Waals surface area (Å²) in [6.07, 6.45) is -0.601.